The quantitative estimate of drug-likeness (QED) is 0.758. The highest BCUT2D eigenvalue weighted by molar-refractivity contribution is 9.10. The molecule has 0 amide bonds. The van der Waals surface area contributed by atoms with Gasteiger partial charge in [0.1, 0.15) is 5.52 Å². The third-order valence-corrected chi connectivity index (χ3v) is 2.97. The topological polar surface area (TPSA) is 30.7 Å². The number of rotatable bonds is 1. The first-order chi connectivity index (χ1) is 7.43. The van der Waals surface area contributed by atoms with Crippen molar-refractivity contribution in [3.05, 3.63) is 22.2 Å². The van der Waals surface area contributed by atoms with Crippen molar-refractivity contribution in [3.8, 4) is 0 Å². The van der Waals surface area contributed by atoms with Crippen molar-refractivity contribution in [2.45, 2.75) is 5.33 Å². The summed E-state index contributed by atoms with van der Waals surface area (Å²) in [6.45, 7) is -2.31. The SMILES string of the molecule is [2H]C([2H])([2H])n1nnc2c(Br)cc(CBr)cc21. The molecule has 0 atom stereocenters. The van der Waals surface area contributed by atoms with Crippen LogP contribution in [0.25, 0.3) is 11.0 Å². The Morgan fingerprint density at radius 3 is 3.15 bits per heavy atom. The van der Waals surface area contributed by atoms with Gasteiger partial charge in [0.05, 0.1) is 5.52 Å². The zero-order valence-electron chi connectivity index (χ0n) is 9.46. The number of hydrogen-bond donors (Lipinski definition) is 0. The van der Waals surface area contributed by atoms with Crippen molar-refractivity contribution < 1.29 is 4.11 Å². The molecule has 0 spiro atoms. The molecule has 0 aliphatic heterocycles. The van der Waals surface area contributed by atoms with E-state index in [0.29, 0.717) is 16.4 Å². The van der Waals surface area contributed by atoms with Gasteiger partial charge in [-0.1, -0.05) is 21.1 Å². The standard InChI is InChI=1S/C8H7Br2N3/c1-13-7-3-5(4-9)2-6(10)8(7)11-12-13/h2-3H,4H2,1H3/i1D3. The van der Waals surface area contributed by atoms with Crippen LogP contribution in [0.1, 0.15) is 9.68 Å². The lowest BCUT2D eigenvalue weighted by Gasteiger charge is -1.98. The van der Waals surface area contributed by atoms with Gasteiger partial charge in [-0.3, -0.25) is 0 Å². The molecule has 0 radical (unpaired) electrons. The highest BCUT2D eigenvalue weighted by Crippen LogP contribution is 2.24. The van der Waals surface area contributed by atoms with Crippen molar-refractivity contribution in [1.82, 2.24) is 15.0 Å². The first-order valence-corrected chi connectivity index (χ1v) is 5.45. The molecule has 0 fully saturated rings. The number of aryl methyl sites for hydroxylation is 1. The summed E-state index contributed by atoms with van der Waals surface area (Å²) in [5.41, 5.74) is 2.02. The predicted octanol–water partition coefficient (Wildman–Crippen LogP) is 2.63. The lowest BCUT2D eigenvalue weighted by Crippen LogP contribution is -1.90. The average Bonchev–Trinajstić information content (AvgIpc) is 2.60. The van der Waals surface area contributed by atoms with Crippen molar-refractivity contribution in [2.24, 2.45) is 6.98 Å². The van der Waals surface area contributed by atoms with Crippen molar-refractivity contribution in [1.29, 1.82) is 0 Å². The summed E-state index contributed by atoms with van der Waals surface area (Å²) in [4.78, 5) is 0. The monoisotopic (exact) mass is 306 g/mol. The molecule has 1 aromatic carbocycles. The van der Waals surface area contributed by atoms with Crippen LogP contribution in [0.2, 0.25) is 0 Å². The normalized spacial score (nSPS) is 15.4. The Morgan fingerprint density at radius 1 is 1.62 bits per heavy atom. The molecule has 3 nitrogen and oxygen atoms in total. The Morgan fingerprint density at radius 2 is 2.46 bits per heavy atom. The van der Waals surface area contributed by atoms with E-state index in [0.717, 1.165) is 14.7 Å². The Hall–Kier alpha value is -0.420. The molecule has 0 aliphatic rings. The summed E-state index contributed by atoms with van der Waals surface area (Å²) in [5.74, 6) is 0. The minimum Gasteiger partial charge on any atom is -0.248 e. The molecule has 2 aromatic rings. The van der Waals surface area contributed by atoms with Crippen LogP contribution in [0.4, 0.5) is 0 Å². The predicted molar refractivity (Wildman–Crippen MR) is 58.8 cm³/mol. The van der Waals surface area contributed by atoms with Crippen molar-refractivity contribution in [3.63, 3.8) is 0 Å². The Kier molecular flexibility index (Phi) is 1.60. The van der Waals surface area contributed by atoms with Crippen molar-refractivity contribution >= 4 is 42.9 Å². The van der Waals surface area contributed by atoms with Crippen LogP contribution in [0.3, 0.4) is 0 Å². The van der Waals surface area contributed by atoms with Crippen LogP contribution < -0.4 is 0 Å². The number of benzene rings is 1. The second-order valence-electron chi connectivity index (χ2n) is 2.58. The molecular formula is C8H7Br2N3. The number of aromatic nitrogens is 3. The first kappa shape index (κ1) is 6.14. The lowest BCUT2D eigenvalue weighted by atomic mass is 10.2. The second kappa shape index (κ2) is 3.38. The molecule has 68 valence electrons. The van der Waals surface area contributed by atoms with Gasteiger partial charge in [0.2, 0.25) is 0 Å². The van der Waals surface area contributed by atoms with E-state index in [1.807, 2.05) is 6.07 Å². The molecule has 0 saturated carbocycles. The minimum atomic E-state index is -2.31. The number of fused-ring (bicyclic) bond motifs is 1. The number of hydrogen-bond acceptors (Lipinski definition) is 2. The van der Waals surface area contributed by atoms with E-state index >= 15 is 0 Å². The number of nitrogens with zero attached hydrogens (tertiary/aromatic N) is 3. The molecular weight excluding hydrogens is 298 g/mol. The molecule has 0 bridgehead atoms. The second-order valence-corrected chi connectivity index (χ2v) is 4.00. The zero-order chi connectivity index (χ0) is 11.9. The number of halogens is 2. The molecule has 1 aromatic heterocycles. The summed E-state index contributed by atoms with van der Waals surface area (Å²) in [6.07, 6.45) is 0. The van der Waals surface area contributed by atoms with Gasteiger partial charge in [-0.2, -0.15) is 0 Å². The lowest BCUT2D eigenvalue weighted by molar-refractivity contribution is 0.736. The Labute approximate surface area is 96.6 Å². The summed E-state index contributed by atoms with van der Waals surface area (Å²) >= 11 is 6.68. The Balaban J connectivity index is 2.75. The number of alkyl halides is 1. The van der Waals surface area contributed by atoms with Crippen LogP contribution in [-0.4, -0.2) is 15.0 Å². The fourth-order valence-electron chi connectivity index (χ4n) is 1.11. The highest BCUT2D eigenvalue weighted by Gasteiger charge is 2.06. The largest absolute Gasteiger partial charge is 0.248 e. The van der Waals surface area contributed by atoms with E-state index in [-0.39, 0.29) is 0 Å². The van der Waals surface area contributed by atoms with Gasteiger partial charge in [-0.25, -0.2) is 4.68 Å². The van der Waals surface area contributed by atoms with Gasteiger partial charge in [-0.15, -0.1) is 5.10 Å². The van der Waals surface area contributed by atoms with E-state index in [9.17, 15) is 0 Å². The van der Waals surface area contributed by atoms with Gasteiger partial charge < -0.3 is 0 Å². The van der Waals surface area contributed by atoms with Crippen LogP contribution in [0, 0.1) is 0 Å². The average molecular weight is 308 g/mol. The summed E-state index contributed by atoms with van der Waals surface area (Å²) < 4.78 is 23.7. The maximum atomic E-state index is 7.34. The summed E-state index contributed by atoms with van der Waals surface area (Å²) in [7, 11) is 0. The molecule has 13 heavy (non-hydrogen) atoms. The molecule has 5 heteroatoms. The molecule has 1 heterocycles. The zero-order valence-corrected chi connectivity index (χ0v) is 9.63. The van der Waals surface area contributed by atoms with Crippen LogP contribution in [-0.2, 0) is 12.3 Å². The first-order valence-electron chi connectivity index (χ1n) is 5.04. The maximum Gasteiger partial charge on any atom is 0.127 e. The van der Waals surface area contributed by atoms with Gasteiger partial charge in [0.25, 0.3) is 0 Å². The Bertz CT molecular complexity index is 535. The van der Waals surface area contributed by atoms with Crippen molar-refractivity contribution in [2.75, 3.05) is 0 Å². The van der Waals surface area contributed by atoms with E-state index < -0.39 is 6.98 Å². The summed E-state index contributed by atoms with van der Waals surface area (Å²) in [5, 5.41) is 8.16. The van der Waals surface area contributed by atoms with Gasteiger partial charge in [-0.05, 0) is 33.6 Å². The van der Waals surface area contributed by atoms with Gasteiger partial charge >= 0.3 is 0 Å². The van der Waals surface area contributed by atoms with Crippen LogP contribution >= 0.6 is 31.9 Å². The fraction of sp³-hybridized carbons (Fsp3) is 0.250. The molecule has 2 rings (SSSR count). The van der Waals surface area contributed by atoms with Crippen LogP contribution in [0.5, 0.6) is 0 Å². The van der Waals surface area contributed by atoms with E-state index in [2.05, 4.69) is 42.2 Å². The third-order valence-electron chi connectivity index (χ3n) is 1.72. The smallest absolute Gasteiger partial charge is 0.127 e. The minimum absolute atomic E-state index is 0.504. The van der Waals surface area contributed by atoms with Gasteiger partial charge in [0, 0.05) is 20.9 Å². The highest BCUT2D eigenvalue weighted by atomic mass is 79.9. The summed E-state index contributed by atoms with van der Waals surface area (Å²) in [6, 6.07) is 3.65. The maximum absolute atomic E-state index is 7.34. The molecule has 0 unspecified atom stereocenters. The van der Waals surface area contributed by atoms with E-state index in [1.54, 1.807) is 6.07 Å². The third kappa shape index (κ3) is 1.50. The molecule has 0 N–H and O–H groups in total. The van der Waals surface area contributed by atoms with Gasteiger partial charge in [0.15, 0.2) is 0 Å². The molecule has 0 saturated heterocycles. The van der Waals surface area contributed by atoms with Crippen LogP contribution in [0.15, 0.2) is 16.6 Å². The molecule has 0 aliphatic carbocycles. The fourth-order valence-corrected chi connectivity index (χ4v) is 2.01. The van der Waals surface area contributed by atoms with E-state index in [4.69, 9.17) is 4.11 Å². The van der Waals surface area contributed by atoms with E-state index in [1.165, 1.54) is 0 Å².